The van der Waals surface area contributed by atoms with Gasteiger partial charge >= 0.3 is 0 Å². The van der Waals surface area contributed by atoms with Gasteiger partial charge < -0.3 is 15.0 Å². The van der Waals surface area contributed by atoms with E-state index in [0.29, 0.717) is 32.5 Å². The maximum Gasteiger partial charge on any atom is 0.226 e. The zero-order valence-electron chi connectivity index (χ0n) is 16.5. The fraction of sp³-hybridized carbons (Fsp3) is 0.545. The minimum atomic E-state index is -0.443. The van der Waals surface area contributed by atoms with Crippen LogP contribution < -0.4 is 5.32 Å². The number of likely N-dealkylation sites (tertiary alicyclic amines) is 1. The number of halogens is 1. The van der Waals surface area contributed by atoms with E-state index in [0.717, 1.165) is 24.8 Å². The quantitative estimate of drug-likeness (QED) is 0.763. The summed E-state index contributed by atoms with van der Waals surface area (Å²) in [7, 11) is 1.66. The molecular formula is C22H29FN2O3. The number of hydrogen-bond donors (Lipinski definition) is 1. The highest BCUT2D eigenvalue weighted by atomic mass is 19.1. The van der Waals surface area contributed by atoms with Gasteiger partial charge in [0, 0.05) is 32.7 Å². The van der Waals surface area contributed by atoms with E-state index in [9.17, 15) is 14.0 Å². The molecule has 1 aromatic carbocycles. The molecule has 1 aromatic rings. The van der Waals surface area contributed by atoms with Crippen molar-refractivity contribution < 1.29 is 18.7 Å². The van der Waals surface area contributed by atoms with Crippen molar-refractivity contribution in [2.45, 2.75) is 44.1 Å². The Morgan fingerprint density at radius 2 is 1.93 bits per heavy atom. The van der Waals surface area contributed by atoms with Gasteiger partial charge in [0.25, 0.3) is 0 Å². The summed E-state index contributed by atoms with van der Waals surface area (Å²) in [5, 5.41) is 2.94. The number of carbonyl (C=O) groups is 2. The van der Waals surface area contributed by atoms with Gasteiger partial charge in [-0.05, 0) is 49.8 Å². The Labute approximate surface area is 165 Å². The first kappa shape index (κ1) is 20.5. The zero-order chi connectivity index (χ0) is 20.0. The van der Waals surface area contributed by atoms with Crippen LogP contribution in [0.25, 0.3) is 0 Å². The lowest BCUT2D eigenvalue weighted by atomic mass is 9.88. The highest BCUT2D eigenvalue weighted by Gasteiger charge is 2.37. The molecule has 1 atom stereocenters. The summed E-state index contributed by atoms with van der Waals surface area (Å²) in [4.78, 5) is 26.9. The lowest BCUT2D eigenvalue weighted by Crippen LogP contribution is -2.54. The summed E-state index contributed by atoms with van der Waals surface area (Å²) in [6, 6.07) is 5.94. The molecule has 152 valence electrons. The molecule has 5 nitrogen and oxygen atoms in total. The Kier molecular flexibility index (Phi) is 6.83. The summed E-state index contributed by atoms with van der Waals surface area (Å²) < 4.78 is 18.7. The molecule has 0 aromatic heterocycles. The van der Waals surface area contributed by atoms with Crippen LogP contribution in [0.3, 0.4) is 0 Å². The van der Waals surface area contributed by atoms with Crippen LogP contribution in [-0.4, -0.2) is 49.1 Å². The molecule has 6 heteroatoms. The first-order valence-corrected chi connectivity index (χ1v) is 10.0. The van der Waals surface area contributed by atoms with E-state index >= 15 is 0 Å². The molecule has 0 bridgehead atoms. The van der Waals surface area contributed by atoms with E-state index in [1.807, 2.05) is 4.90 Å². The van der Waals surface area contributed by atoms with Crippen molar-refractivity contribution in [2.75, 3.05) is 26.7 Å². The molecule has 1 fully saturated rings. The Bertz CT molecular complexity index is 709. The molecule has 1 aliphatic heterocycles. The fourth-order valence-corrected chi connectivity index (χ4v) is 3.97. The third kappa shape index (κ3) is 5.19. The van der Waals surface area contributed by atoms with Crippen LogP contribution >= 0.6 is 0 Å². The van der Waals surface area contributed by atoms with Gasteiger partial charge in [-0.25, -0.2) is 4.39 Å². The molecule has 1 unspecified atom stereocenters. The Morgan fingerprint density at radius 1 is 1.21 bits per heavy atom. The highest BCUT2D eigenvalue weighted by Crippen LogP contribution is 2.28. The number of benzene rings is 1. The monoisotopic (exact) mass is 388 g/mol. The number of nitrogens with zero attached hydrogens (tertiary/aromatic N) is 1. The summed E-state index contributed by atoms with van der Waals surface area (Å²) in [5.74, 6) is -0.0755. The number of piperidine rings is 1. The summed E-state index contributed by atoms with van der Waals surface area (Å²) in [5.41, 5.74) is 0.328. The fourth-order valence-electron chi connectivity index (χ4n) is 3.97. The molecule has 2 amide bonds. The number of methoxy groups -OCH3 is 1. The molecule has 1 aliphatic carbocycles. The molecule has 28 heavy (non-hydrogen) atoms. The first-order valence-electron chi connectivity index (χ1n) is 10.0. The second-order valence-electron chi connectivity index (χ2n) is 7.77. The van der Waals surface area contributed by atoms with Crippen LogP contribution in [0.5, 0.6) is 0 Å². The normalized spacial score (nSPS) is 21.4. The maximum absolute atomic E-state index is 13.0. The van der Waals surface area contributed by atoms with Crippen molar-refractivity contribution in [3.05, 3.63) is 47.8 Å². The van der Waals surface area contributed by atoms with Crippen LogP contribution in [0.4, 0.5) is 4.39 Å². The molecule has 2 aliphatic rings. The van der Waals surface area contributed by atoms with E-state index in [2.05, 4.69) is 17.5 Å². The number of allylic oxidation sites excluding steroid dienone is 2. The van der Waals surface area contributed by atoms with E-state index in [4.69, 9.17) is 4.74 Å². The van der Waals surface area contributed by atoms with Crippen molar-refractivity contribution in [2.24, 2.45) is 5.92 Å². The van der Waals surface area contributed by atoms with E-state index in [-0.39, 0.29) is 30.0 Å². The molecule has 0 saturated carbocycles. The Balaban J connectivity index is 1.48. The van der Waals surface area contributed by atoms with Crippen LogP contribution in [-0.2, 0) is 20.7 Å². The third-order valence-electron chi connectivity index (χ3n) is 5.92. The van der Waals surface area contributed by atoms with Crippen molar-refractivity contribution >= 4 is 11.8 Å². The Morgan fingerprint density at radius 3 is 2.54 bits per heavy atom. The summed E-state index contributed by atoms with van der Waals surface area (Å²) >= 11 is 0. The van der Waals surface area contributed by atoms with Gasteiger partial charge in [-0.15, -0.1) is 0 Å². The average Bonchev–Trinajstić information content (AvgIpc) is 2.74. The predicted molar refractivity (Wildman–Crippen MR) is 105 cm³/mol. The topological polar surface area (TPSA) is 58.6 Å². The smallest absolute Gasteiger partial charge is 0.226 e. The largest absolute Gasteiger partial charge is 0.376 e. The zero-order valence-corrected chi connectivity index (χ0v) is 16.5. The number of rotatable bonds is 6. The molecular weight excluding hydrogens is 359 g/mol. The van der Waals surface area contributed by atoms with E-state index in [1.165, 1.54) is 12.1 Å². The number of hydrogen-bond acceptors (Lipinski definition) is 3. The number of carbonyl (C=O) groups excluding carboxylic acids is 2. The minimum absolute atomic E-state index is 0.107. The maximum atomic E-state index is 13.0. The standard InChI is InChI=1S/C22H29FN2O3/c1-28-22(16-24-20(26)15-17-7-9-19(23)10-8-17)11-13-25(14-12-22)21(27)18-5-3-2-4-6-18/h2-3,7-10,18H,4-6,11-16H2,1H3,(H,24,26). The number of amides is 2. The van der Waals surface area contributed by atoms with Gasteiger partial charge in [0.1, 0.15) is 5.82 Å². The predicted octanol–water partition coefficient (Wildman–Crippen LogP) is 2.85. The second-order valence-corrected chi connectivity index (χ2v) is 7.77. The minimum Gasteiger partial charge on any atom is -0.376 e. The van der Waals surface area contributed by atoms with Gasteiger partial charge in [-0.1, -0.05) is 24.3 Å². The summed E-state index contributed by atoms with van der Waals surface area (Å²) in [6.45, 7) is 1.72. The molecule has 3 rings (SSSR count). The lowest BCUT2D eigenvalue weighted by Gasteiger charge is -2.42. The molecule has 0 radical (unpaired) electrons. The van der Waals surface area contributed by atoms with Gasteiger partial charge in [-0.3, -0.25) is 9.59 Å². The first-order chi connectivity index (χ1) is 13.5. The number of ether oxygens (including phenoxy) is 1. The Hall–Kier alpha value is -2.21. The summed E-state index contributed by atoms with van der Waals surface area (Å²) in [6.07, 6.45) is 8.61. The van der Waals surface area contributed by atoms with Gasteiger partial charge in [-0.2, -0.15) is 0 Å². The van der Waals surface area contributed by atoms with Gasteiger partial charge in [0.15, 0.2) is 0 Å². The van der Waals surface area contributed by atoms with E-state index in [1.54, 1.807) is 19.2 Å². The van der Waals surface area contributed by atoms with Crippen molar-refractivity contribution in [1.29, 1.82) is 0 Å². The van der Waals surface area contributed by atoms with E-state index < -0.39 is 5.60 Å². The van der Waals surface area contributed by atoms with Crippen molar-refractivity contribution in [1.82, 2.24) is 10.2 Å². The van der Waals surface area contributed by atoms with Gasteiger partial charge in [0.2, 0.25) is 11.8 Å². The van der Waals surface area contributed by atoms with Crippen LogP contribution in [0, 0.1) is 11.7 Å². The second kappa shape index (κ2) is 9.32. The van der Waals surface area contributed by atoms with Crippen molar-refractivity contribution in [3.63, 3.8) is 0 Å². The van der Waals surface area contributed by atoms with Crippen LogP contribution in [0.2, 0.25) is 0 Å². The number of nitrogens with one attached hydrogen (secondary N) is 1. The highest BCUT2D eigenvalue weighted by molar-refractivity contribution is 5.79. The van der Waals surface area contributed by atoms with Crippen molar-refractivity contribution in [3.8, 4) is 0 Å². The third-order valence-corrected chi connectivity index (χ3v) is 5.92. The molecule has 0 spiro atoms. The molecule has 1 N–H and O–H groups in total. The van der Waals surface area contributed by atoms with Gasteiger partial charge in [0.05, 0.1) is 12.0 Å². The average molecular weight is 388 g/mol. The lowest BCUT2D eigenvalue weighted by molar-refractivity contribution is -0.142. The molecule has 1 heterocycles. The van der Waals surface area contributed by atoms with Crippen LogP contribution in [0.1, 0.15) is 37.7 Å². The molecule has 1 saturated heterocycles. The van der Waals surface area contributed by atoms with Crippen LogP contribution in [0.15, 0.2) is 36.4 Å². The SMILES string of the molecule is COC1(CNC(=O)Cc2ccc(F)cc2)CCN(C(=O)C2CC=CCC2)CC1.